The highest BCUT2D eigenvalue weighted by molar-refractivity contribution is 7.08. The summed E-state index contributed by atoms with van der Waals surface area (Å²) in [6.07, 6.45) is 0. The van der Waals surface area contributed by atoms with Gasteiger partial charge in [-0.3, -0.25) is 0 Å². The van der Waals surface area contributed by atoms with E-state index in [2.05, 4.69) is 0 Å². The smallest absolute Gasteiger partial charge is 0.477 e. The molecule has 2 radical (unpaired) electrons. The van der Waals surface area contributed by atoms with Gasteiger partial charge in [0.25, 0.3) is 0 Å². The second-order valence-corrected chi connectivity index (χ2v) is 5.02. The molecule has 86 valence electrons. The molecule has 7 heteroatoms. The van der Waals surface area contributed by atoms with Crippen LogP contribution in [0.1, 0.15) is 20.7 Å². The average Bonchev–Trinajstić information content (AvgIpc) is 3.02. The van der Waals surface area contributed by atoms with Crippen molar-refractivity contribution in [1.29, 1.82) is 0 Å². The predicted octanol–water partition coefficient (Wildman–Crippen LogP) is 2.36. The van der Waals surface area contributed by atoms with Crippen molar-refractivity contribution in [1.82, 2.24) is 0 Å². The molecule has 2 aromatic rings. The van der Waals surface area contributed by atoms with Crippen LogP contribution in [0, 0.1) is 0 Å². The van der Waals surface area contributed by atoms with E-state index >= 15 is 0 Å². The Morgan fingerprint density at radius 3 is 1.76 bits per heavy atom. The molecule has 0 saturated heterocycles. The Labute approximate surface area is 108 Å². The summed E-state index contributed by atoms with van der Waals surface area (Å²) in [5.74, 6) is -0.967. The Bertz CT molecular complexity index is 446. The fourth-order valence-electron chi connectivity index (χ4n) is 0.976. The molecule has 2 heterocycles. The van der Waals surface area contributed by atoms with Crippen molar-refractivity contribution >= 4 is 44.6 Å². The van der Waals surface area contributed by atoms with Crippen molar-refractivity contribution in [2.75, 3.05) is 0 Å². The molecule has 0 spiro atoms. The first kappa shape index (κ1) is 12.0. The monoisotopic (exact) mass is 282 g/mol. The lowest BCUT2D eigenvalue weighted by molar-refractivity contribution is 0.0632. The fourth-order valence-corrected chi connectivity index (χ4v) is 2.65. The third kappa shape index (κ3) is 3.25. The molecule has 0 N–H and O–H groups in total. The molecule has 0 unspecified atom stereocenters. The van der Waals surface area contributed by atoms with Gasteiger partial charge in [0, 0.05) is 10.8 Å². The van der Waals surface area contributed by atoms with E-state index in [0.29, 0.717) is 11.1 Å². The van der Waals surface area contributed by atoms with Gasteiger partial charge in [-0.2, -0.15) is 22.7 Å². The molecule has 4 nitrogen and oxygen atoms in total. The Morgan fingerprint density at radius 1 is 0.941 bits per heavy atom. The van der Waals surface area contributed by atoms with Crippen LogP contribution in [0.25, 0.3) is 0 Å². The van der Waals surface area contributed by atoms with Gasteiger partial charge >= 0.3 is 21.9 Å². The number of thiophene rings is 2. The highest BCUT2D eigenvalue weighted by Gasteiger charge is 2.13. The first-order chi connectivity index (χ1) is 8.27. The van der Waals surface area contributed by atoms with Gasteiger partial charge in [-0.05, 0) is 22.9 Å². The second kappa shape index (κ2) is 5.76. The second-order valence-electron chi connectivity index (χ2n) is 2.89. The normalized spacial score (nSPS) is 9.88. The van der Waals surface area contributed by atoms with Gasteiger partial charge in [-0.1, -0.05) is 0 Å². The van der Waals surface area contributed by atoms with E-state index in [1.165, 1.54) is 22.7 Å². The van der Waals surface area contributed by atoms with Crippen molar-refractivity contribution in [3.8, 4) is 0 Å². The molecule has 0 saturated carbocycles. The van der Waals surface area contributed by atoms with Gasteiger partial charge < -0.3 is 8.85 Å². The number of carbonyl (C=O) groups is 2. The SMILES string of the molecule is O=C(O[Si]OC(=O)c1ccsc1)c1ccsc1. The van der Waals surface area contributed by atoms with E-state index in [1.54, 1.807) is 33.7 Å². The van der Waals surface area contributed by atoms with Crippen LogP contribution in [0.2, 0.25) is 0 Å². The maximum atomic E-state index is 11.4. The molecule has 2 rings (SSSR count). The molecule has 0 aliphatic heterocycles. The first-order valence-corrected chi connectivity index (χ1v) is 7.19. The minimum Gasteiger partial charge on any atom is -0.477 e. The van der Waals surface area contributed by atoms with Gasteiger partial charge in [0.05, 0.1) is 11.1 Å². The Morgan fingerprint density at radius 2 is 1.41 bits per heavy atom. The summed E-state index contributed by atoms with van der Waals surface area (Å²) in [6.45, 7) is 0. The third-order valence-corrected chi connectivity index (χ3v) is 3.69. The third-order valence-electron chi connectivity index (χ3n) is 1.78. The van der Waals surface area contributed by atoms with Crippen molar-refractivity contribution < 1.29 is 18.4 Å². The van der Waals surface area contributed by atoms with Crippen LogP contribution in [0.5, 0.6) is 0 Å². The lowest BCUT2D eigenvalue weighted by atomic mass is 10.4. The van der Waals surface area contributed by atoms with Crippen molar-refractivity contribution in [2.45, 2.75) is 0 Å². The van der Waals surface area contributed by atoms with Gasteiger partial charge in [0.15, 0.2) is 0 Å². The number of carbonyl (C=O) groups excluding carboxylic acids is 2. The maximum absolute atomic E-state index is 11.4. The quantitative estimate of drug-likeness (QED) is 0.808. The highest BCUT2D eigenvalue weighted by atomic mass is 32.1. The van der Waals surface area contributed by atoms with E-state index in [9.17, 15) is 9.59 Å². The zero-order valence-corrected chi connectivity index (χ0v) is 11.0. The number of rotatable bonds is 4. The van der Waals surface area contributed by atoms with Crippen LogP contribution in [0.3, 0.4) is 0 Å². The Kier molecular flexibility index (Phi) is 4.07. The number of hydrogen-bond donors (Lipinski definition) is 0. The van der Waals surface area contributed by atoms with Gasteiger partial charge in [0.1, 0.15) is 0 Å². The van der Waals surface area contributed by atoms with Crippen LogP contribution >= 0.6 is 22.7 Å². The maximum Gasteiger partial charge on any atom is 0.614 e. The summed E-state index contributed by atoms with van der Waals surface area (Å²) in [4.78, 5) is 22.8. The fraction of sp³-hybridized carbons (Fsp3) is 0. The van der Waals surface area contributed by atoms with E-state index in [0.717, 1.165) is 0 Å². The molecule has 17 heavy (non-hydrogen) atoms. The zero-order chi connectivity index (χ0) is 12.1. The predicted molar refractivity (Wildman–Crippen MR) is 65.2 cm³/mol. The van der Waals surface area contributed by atoms with Crippen LogP contribution in [0.4, 0.5) is 0 Å². The van der Waals surface area contributed by atoms with Crippen molar-refractivity contribution in [3.05, 3.63) is 44.8 Å². The molecule has 0 fully saturated rings. The van der Waals surface area contributed by atoms with Crippen molar-refractivity contribution in [2.24, 2.45) is 0 Å². The average molecular weight is 282 g/mol. The summed E-state index contributed by atoms with van der Waals surface area (Å²) in [5.41, 5.74) is 0.933. The van der Waals surface area contributed by atoms with Gasteiger partial charge in [0.2, 0.25) is 0 Å². The summed E-state index contributed by atoms with van der Waals surface area (Å²) in [6, 6.07) is 3.30. The Balaban J connectivity index is 1.77. The molecule has 0 aliphatic rings. The summed E-state index contributed by atoms with van der Waals surface area (Å²) >= 11 is 2.80. The standard InChI is InChI=1S/C10H6O4S2Si/c11-9(7-1-3-15-5-7)13-17-14-10(12)8-2-4-16-6-8/h1-6H. The molecular weight excluding hydrogens is 276 g/mol. The molecule has 0 bridgehead atoms. The minimum absolute atomic E-state index is 0.467. The zero-order valence-electron chi connectivity index (χ0n) is 8.41. The van der Waals surface area contributed by atoms with Crippen molar-refractivity contribution in [3.63, 3.8) is 0 Å². The largest absolute Gasteiger partial charge is 0.614 e. The first-order valence-electron chi connectivity index (χ1n) is 4.49. The highest BCUT2D eigenvalue weighted by Crippen LogP contribution is 2.08. The van der Waals surface area contributed by atoms with Gasteiger partial charge in [-0.25, -0.2) is 9.59 Å². The Hall–Kier alpha value is -1.44. The van der Waals surface area contributed by atoms with E-state index < -0.39 is 21.9 Å². The summed E-state index contributed by atoms with van der Waals surface area (Å²) in [5, 5.41) is 6.90. The van der Waals surface area contributed by atoms with E-state index in [1.807, 2.05) is 0 Å². The van der Waals surface area contributed by atoms with Crippen LogP contribution in [-0.4, -0.2) is 21.9 Å². The molecule has 0 atom stereocenters. The van der Waals surface area contributed by atoms with Crippen LogP contribution in [0.15, 0.2) is 33.7 Å². The van der Waals surface area contributed by atoms with Crippen LogP contribution in [-0.2, 0) is 8.85 Å². The number of hydrogen-bond acceptors (Lipinski definition) is 6. The lowest BCUT2D eigenvalue weighted by Crippen LogP contribution is -2.15. The lowest BCUT2D eigenvalue weighted by Gasteiger charge is -2.01. The molecular formula is C10H6O4S2Si. The van der Waals surface area contributed by atoms with Crippen LogP contribution < -0.4 is 0 Å². The van der Waals surface area contributed by atoms with E-state index in [4.69, 9.17) is 8.85 Å². The summed E-state index contributed by atoms with van der Waals surface area (Å²) < 4.78 is 9.62. The van der Waals surface area contributed by atoms with Gasteiger partial charge in [-0.15, -0.1) is 0 Å². The topological polar surface area (TPSA) is 52.6 Å². The molecule has 0 aromatic carbocycles. The molecule has 0 aliphatic carbocycles. The molecule has 0 amide bonds. The summed E-state index contributed by atoms with van der Waals surface area (Å²) in [7, 11) is -0.621. The molecule has 2 aromatic heterocycles. The minimum atomic E-state index is -0.621. The van der Waals surface area contributed by atoms with E-state index in [-0.39, 0.29) is 0 Å².